The van der Waals surface area contributed by atoms with E-state index in [2.05, 4.69) is 10.2 Å². The smallest absolute Gasteiger partial charge is 0.269 e. The summed E-state index contributed by atoms with van der Waals surface area (Å²) in [5.74, 6) is 0.546. The minimum absolute atomic E-state index is 0.0154. The zero-order valence-corrected chi connectivity index (χ0v) is 18.6. The van der Waals surface area contributed by atoms with E-state index in [9.17, 15) is 14.9 Å². The molecule has 1 unspecified atom stereocenters. The predicted molar refractivity (Wildman–Crippen MR) is 119 cm³/mol. The van der Waals surface area contributed by atoms with Crippen molar-refractivity contribution in [3.63, 3.8) is 0 Å². The highest BCUT2D eigenvalue weighted by molar-refractivity contribution is 8.00. The topological polar surface area (TPSA) is 102 Å². The highest BCUT2D eigenvalue weighted by atomic mass is 35.5. The number of nitro benzene ring substituents is 1. The van der Waals surface area contributed by atoms with E-state index < -0.39 is 4.92 Å². The second-order valence-corrected chi connectivity index (χ2v) is 8.57. The standard InChI is InChI=1S/C21H21ClN4O4S/c1-3-12-25(13-19-23-24-20(30-19)17-6-4-5-7-18(17)22)21(27)14(2)31-16-10-8-15(9-11-16)26(28)29/h4-11,14H,3,12-13H2,1-2H3. The number of rotatable bonds is 9. The van der Waals surface area contributed by atoms with Gasteiger partial charge in [-0.15, -0.1) is 22.0 Å². The molecule has 3 aromatic rings. The van der Waals surface area contributed by atoms with E-state index in [-0.39, 0.29) is 23.4 Å². The summed E-state index contributed by atoms with van der Waals surface area (Å²) < 4.78 is 5.74. The van der Waals surface area contributed by atoms with Crippen LogP contribution in [-0.2, 0) is 11.3 Å². The number of carbonyl (C=O) groups excluding carboxylic acids is 1. The molecule has 1 heterocycles. The molecule has 0 bridgehead atoms. The van der Waals surface area contributed by atoms with E-state index in [0.717, 1.165) is 11.3 Å². The maximum absolute atomic E-state index is 13.0. The van der Waals surface area contributed by atoms with Crippen molar-refractivity contribution in [1.29, 1.82) is 0 Å². The Balaban J connectivity index is 1.69. The molecule has 0 aliphatic heterocycles. The third kappa shape index (κ3) is 5.83. The van der Waals surface area contributed by atoms with Crippen LogP contribution in [0.2, 0.25) is 5.02 Å². The summed E-state index contributed by atoms with van der Waals surface area (Å²) in [5, 5.41) is 19.0. The number of benzene rings is 2. The van der Waals surface area contributed by atoms with Crippen molar-refractivity contribution in [2.24, 2.45) is 0 Å². The number of hydrogen-bond donors (Lipinski definition) is 0. The van der Waals surface area contributed by atoms with Gasteiger partial charge in [0.1, 0.15) is 0 Å². The Labute approximate surface area is 188 Å². The zero-order valence-electron chi connectivity index (χ0n) is 17.0. The summed E-state index contributed by atoms with van der Waals surface area (Å²) in [7, 11) is 0. The van der Waals surface area contributed by atoms with Crippen molar-refractivity contribution in [2.75, 3.05) is 6.54 Å². The minimum Gasteiger partial charge on any atom is -0.419 e. The molecule has 1 atom stereocenters. The van der Waals surface area contributed by atoms with Crippen LogP contribution in [0.3, 0.4) is 0 Å². The summed E-state index contributed by atoms with van der Waals surface area (Å²) in [6, 6.07) is 13.3. The Hall–Kier alpha value is -2.91. The van der Waals surface area contributed by atoms with Crippen molar-refractivity contribution >= 4 is 35.0 Å². The monoisotopic (exact) mass is 460 g/mol. The Morgan fingerprint density at radius 1 is 1.23 bits per heavy atom. The lowest BCUT2D eigenvalue weighted by molar-refractivity contribution is -0.384. The zero-order chi connectivity index (χ0) is 22.4. The molecule has 162 valence electrons. The van der Waals surface area contributed by atoms with Gasteiger partial charge in [0.25, 0.3) is 5.69 Å². The maximum Gasteiger partial charge on any atom is 0.269 e. The fourth-order valence-corrected chi connectivity index (χ4v) is 4.09. The number of non-ortho nitro benzene ring substituents is 1. The van der Waals surface area contributed by atoms with Gasteiger partial charge in [0, 0.05) is 23.6 Å². The number of carbonyl (C=O) groups is 1. The summed E-state index contributed by atoms with van der Waals surface area (Å²) in [4.78, 5) is 25.8. The van der Waals surface area contributed by atoms with Gasteiger partial charge in [-0.05, 0) is 37.6 Å². The van der Waals surface area contributed by atoms with Crippen molar-refractivity contribution in [1.82, 2.24) is 15.1 Å². The molecule has 0 aliphatic carbocycles. The van der Waals surface area contributed by atoms with E-state index >= 15 is 0 Å². The Kier molecular flexibility index (Phi) is 7.64. The maximum atomic E-state index is 13.0. The van der Waals surface area contributed by atoms with Crippen LogP contribution in [-0.4, -0.2) is 37.7 Å². The highest BCUT2D eigenvalue weighted by Crippen LogP contribution is 2.28. The van der Waals surface area contributed by atoms with Crippen molar-refractivity contribution in [3.05, 3.63) is 69.6 Å². The molecule has 0 aliphatic rings. The first-order valence-electron chi connectivity index (χ1n) is 9.66. The van der Waals surface area contributed by atoms with Crippen molar-refractivity contribution < 1.29 is 14.1 Å². The largest absolute Gasteiger partial charge is 0.419 e. The molecule has 8 nitrogen and oxygen atoms in total. The molecule has 31 heavy (non-hydrogen) atoms. The van der Waals surface area contributed by atoms with E-state index in [1.54, 1.807) is 36.1 Å². The van der Waals surface area contributed by atoms with Crippen molar-refractivity contribution in [3.8, 4) is 11.5 Å². The molecule has 10 heteroatoms. The van der Waals surface area contributed by atoms with Crippen LogP contribution in [0.1, 0.15) is 26.2 Å². The van der Waals surface area contributed by atoms with Crippen LogP contribution < -0.4 is 0 Å². The first-order chi connectivity index (χ1) is 14.9. The average molecular weight is 461 g/mol. The van der Waals surface area contributed by atoms with Crippen LogP contribution in [0.15, 0.2) is 57.8 Å². The quantitative estimate of drug-likeness (QED) is 0.245. The second-order valence-electron chi connectivity index (χ2n) is 6.75. The van der Waals surface area contributed by atoms with Gasteiger partial charge >= 0.3 is 0 Å². The van der Waals surface area contributed by atoms with Crippen LogP contribution in [0, 0.1) is 10.1 Å². The van der Waals surface area contributed by atoms with Gasteiger partial charge in [0.15, 0.2) is 0 Å². The number of aromatic nitrogens is 2. The van der Waals surface area contributed by atoms with E-state index in [0.29, 0.717) is 28.9 Å². The first kappa shape index (κ1) is 22.8. The first-order valence-corrected chi connectivity index (χ1v) is 10.9. The second kappa shape index (κ2) is 10.4. The fourth-order valence-electron chi connectivity index (χ4n) is 2.92. The normalized spacial score (nSPS) is 11.8. The van der Waals surface area contributed by atoms with E-state index in [4.69, 9.17) is 16.0 Å². The molecule has 0 radical (unpaired) electrons. The molecule has 2 aromatic carbocycles. The molecule has 0 N–H and O–H groups in total. The highest BCUT2D eigenvalue weighted by Gasteiger charge is 2.24. The Morgan fingerprint density at radius 3 is 2.58 bits per heavy atom. The minimum atomic E-state index is -0.451. The lowest BCUT2D eigenvalue weighted by Crippen LogP contribution is -2.36. The molecule has 0 fully saturated rings. The number of thioether (sulfide) groups is 1. The summed E-state index contributed by atoms with van der Waals surface area (Å²) in [6.45, 7) is 4.51. The Morgan fingerprint density at radius 2 is 1.94 bits per heavy atom. The van der Waals surface area contributed by atoms with Crippen LogP contribution in [0.5, 0.6) is 0 Å². The van der Waals surface area contributed by atoms with Gasteiger partial charge < -0.3 is 9.32 Å². The predicted octanol–water partition coefficient (Wildman–Crippen LogP) is 5.22. The Bertz CT molecular complexity index is 1060. The SMILES string of the molecule is CCCN(Cc1nnc(-c2ccccc2Cl)o1)C(=O)C(C)Sc1ccc([N+](=O)[O-])cc1. The van der Waals surface area contributed by atoms with E-state index in [1.165, 1.54) is 23.9 Å². The van der Waals surface area contributed by atoms with Gasteiger partial charge in [-0.3, -0.25) is 14.9 Å². The number of nitrogens with zero attached hydrogens (tertiary/aromatic N) is 4. The number of nitro groups is 1. The third-order valence-corrected chi connectivity index (χ3v) is 5.84. The number of halogens is 1. The van der Waals surface area contributed by atoms with Gasteiger partial charge in [-0.25, -0.2) is 0 Å². The summed E-state index contributed by atoms with van der Waals surface area (Å²) in [5.41, 5.74) is 0.653. The number of amides is 1. The van der Waals surface area contributed by atoms with E-state index in [1.807, 2.05) is 19.1 Å². The lowest BCUT2D eigenvalue weighted by Gasteiger charge is -2.23. The van der Waals surface area contributed by atoms with Gasteiger partial charge in [0.05, 0.1) is 27.3 Å². The fraction of sp³-hybridized carbons (Fsp3) is 0.286. The lowest BCUT2D eigenvalue weighted by atomic mass is 10.2. The van der Waals surface area contributed by atoms with Crippen molar-refractivity contribution in [2.45, 2.75) is 37.0 Å². The molecule has 0 saturated carbocycles. The number of hydrogen-bond acceptors (Lipinski definition) is 7. The van der Waals surface area contributed by atoms with Crippen LogP contribution in [0.25, 0.3) is 11.5 Å². The molecule has 1 aromatic heterocycles. The third-order valence-electron chi connectivity index (χ3n) is 4.41. The van der Waals surface area contributed by atoms with Gasteiger partial charge in [-0.1, -0.05) is 30.7 Å². The molecule has 3 rings (SSSR count). The molecule has 0 spiro atoms. The molecular formula is C21H21ClN4O4S. The molecule has 0 saturated heterocycles. The van der Waals surface area contributed by atoms with Gasteiger partial charge in [-0.2, -0.15) is 0 Å². The average Bonchev–Trinajstić information content (AvgIpc) is 3.22. The van der Waals surface area contributed by atoms with Crippen LogP contribution >= 0.6 is 23.4 Å². The molecule has 1 amide bonds. The molecular weight excluding hydrogens is 440 g/mol. The summed E-state index contributed by atoms with van der Waals surface area (Å²) >= 11 is 7.53. The van der Waals surface area contributed by atoms with Crippen LogP contribution in [0.4, 0.5) is 5.69 Å². The van der Waals surface area contributed by atoms with Gasteiger partial charge in [0.2, 0.25) is 17.7 Å². The summed E-state index contributed by atoms with van der Waals surface area (Å²) in [6.07, 6.45) is 0.770.